The molecule has 164 valence electrons. The van der Waals surface area contributed by atoms with Gasteiger partial charge in [0.05, 0.1) is 40.9 Å². The largest absolute Gasteiger partial charge is 0.381 e. The summed E-state index contributed by atoms with van der Waals surface area (Å²) in [5.41, 5.74) is 0. The Labute approximate surface area is 171 Å². The molecule has 0 rings (SSSR count). The fraction of sp³-hybridized carbons (Fsp3) is 1.00. The lowest BCUT2D eigenvalue weighted by molar-refractivity contribution is -0.871. The van der Waals surface area contributed by atoms with E-state index in [1.807, 2.05) is 0 Å². The lowest BCUT2D eigenvalue weighted by atomic mass is 10.1. The summed E-state index contributed by atoms with van der Waals surface area (Å²) < 4.78 is 13.0. The second kappa shape index (κ2) is 19.2. The molecule has 0 radical (unpaired) electrons. The van der Waals surface area contributed by atoms with Crippen molar-refractivity contribution in [1.29, 1.82) is 0 Å². The molecule has 0 aromatic heterocycles. The highest BCUT2D eigenvalue weighted by Gasteiger charge is 2.15. The Balaban J connectivity index is 3.80. The van der Waals surface area contributed by atoms with E-state index in [0.717, 1.165) is 30.9 Å². The van der Waals surface area contributed by atoms with Gasteiger partial charge in [0, 0.05) is 25.6 Å². The zero-order chi connectivity index (χ0) is 20.2. The summed E-state index contributed by atoms with van der Waals surface area (Å²) in [6.45, 7) is 9.30. The fourth-order valence-corrected chi connectivity index (χ4v) is 3.25. The fourth-order valence-electron chi connectivity index (χ4n) is 3.25. The van der Waals surface area contributed by atoms with E-state index < -0.39 is 0 Å². The molecule has 0 aromatic carbocycles. The minimum absolute atomic E-state index is 0.544. The van der Waals surface area contributed by atoms with E-state index in [1.54, 1.807) is 0 Å². The van der Waals surface area contributed by atoms with Gasteiger partial charge in [-0.25, -0.2) is 0 Å². The van der Waals surface area contributed by atoms with E-state index in [9.17, 15) is 0 Å². The van der Waals surface area contributed by atoms with E-state index in [4.69, 9.17) is 9.47 Å². The van der Waals surface area contributed by atoms with E-state index in [0.29, 0.717) is 5.92 Å². The van der Waals surface area contributed by atoms with Gasteiger partial charge in [0.15, 0.2) is 0 Å². The maximum absolute atomic E-state index is 6.00. The molecule has 3 heteroatoms. The van der Waals surface area contributed by atoms with Crippen LogP contribution in [0.25, 0.3) is 0 Å². The van der Waals surface area contributed by atoms with Crippen LogP contribution >= 0.6 is 0 Å². The zero-order valence-corrected chi connectivity index (χ0v) is 19.6. The first-order valence-electron chi connectivity index (χ1n) is 12.0. The average Bonchev–Trinajstić information content (AvgIpc) is 2.62. The number of quaternary nitrogens is 1. The highest BCUT2D eigenvalue weighted by molar-refractivity contribution is 4.58. The molecule has 0 aliphatic heterocycles. The van der Waals surface area contributed by atoms with Gasteiger partial charge < -0.3 is 14.0 Å². The second-order valence-electron chi connectivity index (χ2n) is 9.35. The molecule has 0 saturated heterocycles. The van der Waals surface area contributed by atoms with Crippen LogP contribution < -0.4 is 0 Å². The van der Waals surface area contributed by atoms with Crippen molar-refractivity contribution >= 4 is 0 Å². The lowest BCUT2D eigenvalue weighted by Gasteiger charge is -2.26. The third kappa shape index (κ3) is 22.0. The maximum atomic E-state index is 6.00. The first kappa shape index (κ1) is 26.9. The molecule has 0 saturated carbocycles. The predicted octanol–water partition coefficient (Wildman–Crippen LogP) is 6.45. The number of unbranched alkanes of at least 4 members (excludes halogenated alkanes) is 10. The van der Waals surface area contributed by atoms with Gasteiger partial charge in [-0.2, -0.15) is 0 Å². The molecule has 0 spiro atoms. The van der Waals surface area contributed by atoms with Gasteiger partial charge >= 0.3 is 0 Å². The first-order chi connectivity index (χ1) is 13.0. The molecule has 0 N–H and O–H groups in total. The molecule has 0 amide bonds. The van der Waals surface area contributed by atoms with Crippen molar-refractivity contribution < 1.29 is 14.0 Å². The Kier molecular flexibility index (Phi) is 19.1. The third-order valence-corrected chi connectivity index (χ3v) is 5.20. The SMILES string of the molecule is CCCCCCCCOCC(CC[N+](C)(C)C)COCCCCCCCC. The number of hydrogen-bond acceptors (Lipinski definition) is 2. The van der Waals surface area contributed by atoms with Gasteiger partial charge in [0.25, 0.3) is 0 Å². The summed E-state index contributed by atoms with van der Waals surface area (Å²) >= 11 is 0. The molecular formula is C24H52NO2+. The number of ether oxygens (including phenoxy) is 2. The minimum Gasteiger partial charge on any atom is -0.381 e. The highest BCUT2D eigenvalue weighted by atomic mass is 16.5. The molecule has 0 heterocycles. The number of hydrogen-bond donors (Lipinski definition) is 0. The summed E-state index contributed by atoms with van der Waals surface area (Å²) in [7, 11) is 6.81. The number of rotatable bonds is 21. The Hall–Kier alpha value is -0.120. The molecule has 0 aromatic rings. The third-order valence-electron chi connectivity index (χ3n) is 5.20. The summed E-state index contributed by atoms with van der Waals surface area (Å²) in [4.78, 5) is 0. The number of nitrogens with zero attached hydrogens (tertiary/aromatic N) is 1. The van der Waals surface area contributed by atoms with Crippen LogP contribution in [0.1, 0.15) is 97.3 Å². The molecule has 27 heavy (non-hydrogen) atoms. The molecule has 0 unspecified atom stereocenters. The van der Waals surface area contributed by atoms with Crippen LogP contribution in [-0.2, 0) is 9.47 Å². The molecular weight excluding hydrogens is 334 g/mol. The molecule has 3 nitrogen and oxygen atoms in total. The van der Waals surface area contributed by atoms with Crippen LogP contribution in [0.2, 0.25) is 0 Å². The molecule has 0 fully saturated rings. The van der Waals surface area contributed by atoms with Crippen molar-refractivity contribution in [1.82, 2.24) is 0 Å². The van der Waals surface area contributed by atoms with Gasteiger partial charge in [-0.15, -0.1) is 0 Å². The van der Waals surface area contributed by atoms with Gasteiger partial charge in [-0.05, 0) is 12.8 Å². The van der Waals surface area contributed by atoms with E-state index >= 15 is 0 Å². The van der Waals surface area contributed by atoms with Crippen LogP contribution in [-0.4, -0.2) is 58.6 Å². The second-order valence-corrected chi connectivity index (χ2v) is 9.35. The van der Waals surface area contributed by atoms with Crippen molar-refractivity contribution in [3.8, 4) is 0 Å². The summed E-state index contributed by atoms with van der Waals surface area (Å²) in [5.74, 6) is 0.544. The van der Waals surface area contributed by atoms with Crippen molar-refractivity contribution in [2.45, 2.75) is 97.3 Å². The van der Waals surface area contributed by atoms with E-state index in [-0.39, 0.29) is 0 Å². The predicted molar refractivity (Wildman–Crippen MR) is 119 cm³/mol. The van der Waals surface area contributed by atoms with E-state index in [2.05, 4.69) is 35.0 Å². The van der Waals surface area contributed by atoms with Crippen LogP contribution in [0.4, 0.5) is 0 Å². The molecule has 0 bridgehead atoms. The van der Waals surface area contributed by atoms with Gasteiger partial charge in [-0.3, -0.25) is 0 Å². The molecule has 0 aliphatic rings. The normalized spacial score (nSPS) is 12.2. The highest BCUT2D eigenvalue weighted by Crippen LogP contribution is 2.11. The van der Waals surface area contributed by atoms with Gasteiger partial charge in [0.1, 0.15) is 0 Å². The maximum Gasteiger partial charge on any atom is 0.0784 e. The Morgan fingerprint density at radius 2 is 1.00 bits per heavy atom. The molecule has 0 atom stereocenters. The summed E-state index contributed by atoms with van der Waals surface area (Å²) in [6, 6.07) is 0. The van der Waals surface area contributed by atoms with Gasteiger partial charge in [0.2, 0.25) is 0 Å². The Morgan fingerprint density at radius 1 is 0.593 bits per heavy atom. The Morgan fingerprint density at radius 3 is 1.41 bits per heavy atom. The van der Waals surface area contributed by atoms with Crippen LogP contribution in [0.3, 0.4) is 0 Å². The molecule has 0 aliphatic carbocycles. The van der Waals surface area contributed by atoms with Crippen LogP contribution in [0.5, 0.6) is 0 Å². The first-order valence-corrected chi connectivity index (χ1v) is 12.0. The van der Waals surface area contributed by atoms with E-state index in [1.165, 1.54) is 90.0 Å². The monoisotopic (exact) mass is 386 g/mol. The standard InChI is InChI=1S/C24H52NO2/c1-6-8-10-12-14-16-20-26-22-24(18-19-25(3,4)5)23-27-21-17-15-13-11-9-7-2/h24H,6-23H2,1-5H3/q+1. The summed E-state index contributed by atoms with van der Waals surface area (Å²) in [6.07, 6.45) is 17.2. The minimum atomic E-state index is 0.544. The van der Waals surface area contributed by atoms with Crippen LogP contribution in [0.15, 0.2) is 0 Å². The van der Waals surface area contributed by atoms with Crippen molar-refractivity contribution in [2.24, 2.45) is 5.92 Å². The average molecular weight is 387 g/mol. The topological polar surface area (TPSA) is 18.5 Å². The zero-order valence-electron chi connectivity index (χ0n) is 19.6. The van der Waals surface area contributed by atoms with Gasteiger partial charge in [-0.1, -0.05) is 78.1 Å². The van der Waals surface area contributed by atoms with Crippen molar-refractivity contribution in [3.63, 3.8) is 0 Å². The van der Waals surface area contributed by atoms with Crippen molar-refractivity contribution in [2.75, 3.05) is 54.1 Å². The summed E-state index contributed by atoms with van der Waals surface area (Å²) in [5, 5.41) is 0. The quantitative estimate of drug-likeness (QED) is 0.167. The van der Waals surface area contributed by atoms with Crippen LogP contribution in [0, 0.1) is 5.92 Å². The van der Waals surface area contributed by atoms with Crippen molar-refractivity contribution in [3.05, 3.63) is 0 Å². The smallest absolute Gasteiger partial charge is 0.0784 e. The lowest BCUT2D eigenvalue weighted by Crippen LogP contribution is -2.37. The Bertz CT molecular complexity index is 269.